The first kappa shape index (κ1) is 16.6. The molecule has 0 atom stereocenters. The van der Waals surface area contributed by atoms with Gasteiger partial charge in [-0.25, -0.2) is 8.42 Å². The molecule has 0 heterocycles. The van der Waals surface area contributed by atoms with E-state index in [1.54, 1.807) is 18.2 Å². The predicted molar refractivity (Wildman–Crippen MR) is 81.1 cm³/mol. The van der Waals surface area contributed by atoms with E-state index in [1.807, 2.05) is 20.8 Å². The van der Waals surface area contributed by atoms with E-state index in [1.165, 1.54) is 0 Å². The van der Waals surface area contributed by atoms with Crippen LogP contribution in [0.1, 0.15) is 33.6 Å². The minimum atomic E-state index is -3.30. The highest BCUT2D eigenvalue weighted by Gasteiger charge is 2.12. The van der Waals surface area contributed by atoms with E-state index in [-0.39, 0.29) is 5.75 Å². The maximum Gasteiger partial charge on any atom is 0.232 e. The van der Waals surface area contributed by atoms with Gasteiger partial charge >= 0.3 is 0 Å². The van der Waals surface area contributed by atoms with Gasteiger partial charge in [0.25, 0.3) is 0 Å². The number of hydrogen-bond donors (Lipinski definition) is 1. The van der Waals surface area contributed by atoms with Crippen LogP contribution in [0.4, 0.5) is 5.69 Å². The molecular formula is C14H23NO4S. The summed E-state index contributed by atoms with van der Waals surface area (Å²) in [7, 11) is -3.30. The summed E-state index contributed by atoms with van der Waals surface area (Å²) in [5.74, 6) is 1.29. The number of sulfonamides is 1. The van der Waals surface area contributed by atoms with Crippen LogP contribution >= 0.6 is 0 Å². The molecular weight excluding hydrogens is 278 g/mol. The average Bonchev–Trinajstić information content (AvgIpc) is 2.40. The molecule has 1 rings (SSSR count). The lowest BCUT2D eigenvalue weighted by molar-refractivity contribution is 0.288. The Bertz CT molecular complexity index is 514. The molecule has 1 aromatic rings. The molecule has 0 aliphatic heterocycles. The molecule has 5 nitrogen and oxygen atoms in total. The number of rotatable bonds is 9. The summed E-state index contributed by atoms with van der Waals surface area (Å²) >= 11 is 0. The topological polar surface area (TPSA) is 64.6 Å². The standard InChI is InChI=1S/C14H23NO4S/c1-4-7-10-20(16,17)15-12-8-9-13(18-5-2)14(11-12)19-6-3/h8-9,11,15H,4-7,10H2,1-3H3. The highest BCUT2D eigenvalue weighted by molar-refractivity contribution is 7.92. The van der Waals surface area contributed by atoms with Crippen molar-refractivity contribution in [2.24, 2.45) is 0 Å². The molecule has 0 saturated heterocycles. The van der Waals surface area contributed by atoms with Crippen LogP contribution in [0.25, 0.3) is 0 Å². The van der Waals surface area contributed by atoms with Crippen LogP contribution in [0, 0.1) is 0 Å². The van der Waals surface area contributed by atoms with Crippen molar-refractivity contribution in [2.75, 3.05) is 23.7 Å². The molecule has 0 unspecified atom stereocenters. The first-order valence-corrected chi connectivity index (χ1v) is 8.57. The lowest BCUT2D eigenvalue weighted by atomic mass is 10.3. The van der Waals surface area contributed by atoms with Crippen LogP contribution < -0.4 is 14.2 Å². The van der Waals surface area contributed by atoms with E-state index >= 15 is 0 Å². The monoisotopic (exact) mass is 301 g/mol. The summed E-state index contributed by atoms with van der Waals surface area (Å²) in [6.07, 6.45) is 1.49. The summed E-state index contributed by atoms with van der Waals surface area (Å²) in [6, 6.07) is 5.04. The Kier molecular flexibility index (Phi) is 6.64. The molecule has 0 aliphatic rings. The number of anilines is 1. The van der Waals surface area contributed by atoms with E-state index in [4.69, 9.17) is 9.47 Å². The first-order valence-electron chi connectivity index (χ1n) is 6.92. The van der Waals surface area contributed by atoms with Gasteiger partial charge in [-0.15, -0.1) is 0 Å². The molecule has 0 fully saturated rings. The molecule has 0 aliphatic carbocycles. The van der Waals surface area contributed by atoms with Crippen LogP contribution in [0.5, 0.6) is 11.5 Å². The fraction of sp³-hybridized carbons (Fsp3) is 0.571. The zero-order valence-electron chi connectivity index (χ0n) is 12.3. The van der Waals surface area contributed by atoms with Gasteiger partial charge in [-0.05, 0) is 32.4 Å². The van der Waals surface area contributed by atoms with E-state index in [2.05, 4.69) is 4.72 Å². The van der Waals surface area contributed by atoms with Crippen molar-refractivity contribution in [1.29, 1.82) is 0 Å². The molecule has 6 heteroatoms. The van der Waals surface area contributed by atoms with Crippen molar-refractivity contribution < 1.29 is 17.9 Å². The van der Waals surface area contributed by atoms with Crippen molar-refractivity contribution in [3.8, 4) is 11.5 Å². The Morgan fingerprint density at radius 2 is 1.70 bits per heavy atom. The Hall–Kier alpha value is -1.43. The lowest BCUT2D eigenvalue weighted by Gasteiger charge is -2.13. The van der Waals surface area contributed by atoms with Gasteiger partial charge in [0, 0.05) is 6.07 Å². The molecule has 114 valence electrons. The van der Waals surface area contributed by atoms with Crippen LogP contribution in [-0.4, -0.2) is 27.4 Å². The van der Waals surface area contributed by atoms with Gasteiger partial charge in [0.2, 0.25) is 10.0 Å². The number of benzene rings is 1. The number of ether oxygens (including phenoxy) is 2. The largest absolute Gasteiger partial charge is 0.490 e. The van der Waals surface area contributed by atoms with Crippen molar-refractivity contribution >= 4 is 15.7 Å². The second-order valence-corrected chi connectivity index (χ2v) is 6.14. The molecule has 1 N–H and O–H groups in total. The predicted octanol–water partition coefficient (Wildman–Crippen LogP) is 3.03. The van der Waals surface area contributed by atoms with E-state index in [9.17, 15) is 8.42 Å². The van der Waals surface area contributed by atoms with Gasteiger partial charge in [-0.3, -0.25) is 4.72 Å². The van der Waals surface area contributed by atoms with Crippen LogP contribution in [0.15, 0.2) is 18.2 Å². The third-order valence-electron chi connectivity index (χ3n) is 2.58. The third-order valence-corrected chi connectivity index (χ3v) is 3.96. The van der Waals surface area contributed by atoms with Crippen LogP contribution in [-0.2, 0) is 10.0 Å². The summed E-state index contributed by atoms with van der Waals surface area (Å²) in [4.78, 5) is 0. The zero-order chi connectivity index (χ0) is 15.0. The smallest absolute Gasteiger partial charge is 0.232 e. The molecule has 0 aromatic heterocycles. The van der Waals surface area contributed by atoms with Crippen molar-refractivity contribution in [3.63, 3.8) is 0 Å². The zero-order valence-corrected chi connectivity index (χ0v) is 13.1. The highest BCUT2D eigenvalue weighted by atomic mass is 32.2. The minimum Gasteiger partial charge on any atom is -0.490 e. The van der Waals surface area contributed by atoms with Gasteiger partial charge in [0.05, 0.1) is 24.7 Å². The Morgan fingerprint density at radius 3 is 2.30 bits per heavy atom. The highest BCUT2D eigenvalue weighted by Crippen LogP contribution is 2.31. The average molecular weight is 301 g/mol. The van der Waals surface area contributed by atoms with Crippen molar-refractivity contribution in [3.05, 3.63) is 18.2 Å². The molecule has 0 saturated carbocycles. The Labute approximate surface area is 121 Å². The fourth-order valence-electron chi connectivity index (χ4n) is 1.68. The molecule has 0 spiro atoms. The summed E-state index contributed by atoms with van der Waals surface area (Å²) in [5, 5.41) is 0. The van der Waals surface area contributed by atoms with E-state index in [0.717, 1.165) is 6.42 Å². The van der Waals surface area contributed by atoms with Crippen LogP contribution in [0.3, 0.4) is 0 Å². The number of hydrogen-bond acceptors (Lipinski definition) is 4. The normalized spacial score (nSPS) is 11.2. The first-order chi connectivity index (χ1) is 9.52. The van der Waals surface area contributed by atoms with Gasteiger partial charge < -0.3 is 9.47 Å². The van der Waals surface area contributed by atoms with Crippen molar-refractivity contribution in [2.45, 2.75) is 33.6 Å². The molecule has 20 heavy (non-hydrogen) atoms. The Morgan fingerprint density at radius 1 is 1.05 bits per heavy atom. The van der Waals surface area contributed by atoms with Gasteiger partial charge in [0.15, 0.2) is 11.5 Å². The van der Waals surface area contributed by atoms with E-state index in [0.29, 0.717) is 36.8 Å². The number of unbranched alkanes of at least 4 members (excludes halogenated alkanes) is 1. The summed E-state index contributed by atoms with van der Waals surface area (Å²) in [6.45, 7) is 6.73. The number of nitrogens with one attached hydrogen (secondary N) is 1. The fourth-order valence-corrected chi connectivity index (χ4v) is 2.94. The molecule has 0 bridgehead atoms. The third kappa shape index (κ3) is 5.28. The van der Waals surface area contributed by atoms with Gasteiger partial charge in [0.1, 0.15) is 0 Å². The molecule has 0 amide bonds. The lowest BCUT2D eigenvalue weighted by Crippen LogP contribution is -2.16. The van der Waals surface area contributed by atoms with Crippen molar-refractivity contribution in [1.82, 2.24) is 0 Å². The summed E-state index contributed by atoms with van der Waals surface area (Å²) < 4.78 is 37.2. The minimum absolute atomic E-state index is 0.126. The van der Waals surface area contributed by atoms with Gasteiger partial charge in [-0.1, -0.05) is 13.3 Å². The van der Waals surface area contributed by atoms with Crippen LogP contribution in [0.2, 0.25) is 0 Å². The van der Waals surface area contributed by atoms with E-state index < -0.39 is 10.0 Å². The SMILES string of the molecule is CCCCS(=O)(=O)Nc1ccc(OCC)c(OCC)c1. The quantitative estimate of drug-likeness (QED) is 0.761. The maximum absolute atomic E-state index is 11.9. The van der Waals surface area contributed by atoms with Gasteiger partial charge in [-0.2, -0.15) is 0 Å². The molecule has 0 radical (unpaired) electrons. The Balaban J connectivity index is 2.88. The second kappa shape index (κ2) is 7.99. The summed E-state index contributed by atoms with van der Waals surface area (Å²) in [5.41, 5.74) is 0.494. The maximum atomic E-state index is 11.9. The molecule has 1 aromatic carbocycles. The second-order valence-electron chi connectivity index (χ2n) is 4.30.